The first-order valence-electron chi connectivity index (χ1n) is 9.30. The van der Waals surface area contributed by atoms with Gasteiger partial charge < -0.3 is 13.9 Å². The number of nitro benzene ring substituents is 1. The number of benzene rings is 1. The maximum absolute atomic E-state index is 10.8. The van der Waals surface area contributed by atoms with Crippen LogP contribution in [0.4, 0.5) is 5.69 Å². The molecule has 0 spiro atoms. The second kappa shape index (κ2) is 8.27. The monoisotopic (exact) mass is 391 g/mol. The molecule has 1 N–H and O–H groups in total. The van der Waals surface area contributed by atoms with Gasteiger partial charge >= 0.3 is 0 Å². The Balaban J connectivity index is 2.37. The SMILES string of the molecule is CC(C)[Si](Oc1occc1C(O)c1ccc([N+](=O)[O-])cc1)(C(C)C)C(C)C. The largest absolute Gasteiger partial charge is 0.518 e. The number of hydrogen-bond donors (Lipinski definition) is 1. The zero-order chi connectivity index (χ0) is 20.4. The number of hydrogen-bond acceptors (Lipinski definition) is 5. The van der Waals surface area contributed by atoms with Crippen molar-refractivity contribution in [3.8, 4) is 5.95 Å². The summed E-state index contributed by atoms with van der Waals surface area (Å²) in [6.45, 7) is 13.1. The highest BCUT2D eigenvalue weighted by molar-refractivity contribution is 6.78. The highest BCUT2D eigenvalue weighted by Gasteiger charge is 2.48. The van der Waals surface area contributed by atoms with E-state index >= 15 is 0 Å². The van der Waals surface area contributed by atoms with E-state index in [2.05, 4.69) is 41.5 Å². The van der Waals surface area contributed by atoms with E-state index in [-0.39, 0.29) is 5.69 Å². The van der Waals surface area contributed by atoms with Crippen LogP contribution in [0.15, 0.2) is 41.0 Å². The van der Waals surface area contributed by atoms with Gasteiger partial charge in [-0.25, -0.2) is 0 Å². The predicted octanol–water partition coefficient (Wildman–Crippen LogP) is 5.82. The van der Waals surface area contributed by atoms with Crippen LogP contribution in [0.3, 0.4) is 0 Å². The first-order valence-corrected chi connectivity index (χ1v) is 11.4. The molecule has 0 aliphatic heterocycles. The zero-order valence-electron chi connectivity index (χ0n) is 16.8. The third-order valence-electron chi connectivity index (χ3n) is 5.35. The van der Waals surface area contributed by atoms with E-state index in [0.29, 0.717) is 33.7 Å². The molecule has 0 amide bonds. The molecular formula is C20H29NO5Si. The summed E-state index contributed by atoms with van der Waals surface area (Å²) in [4.78, 5) is 10.4. The van der Waals surface area contributed by atoms with Crippen molar-refractivity contribution in [2.75, 3.05) is 0 Å². The molecule has 1 unspecified atom stereocenters. The number of nitro groups is 1. The van der Waals surface area contributed by atoms with Crippen LogP contribution >= 0.6 is 0 Å². The second-order valence-electron chi connectivity index (χ2n) is 7.83. The summed E-state index contributed by atoms with van der Waals surface area (Å²) in [7, 11) is -2.23. The van der Waals surface area contributed by atoms with Gasteiger partial charge in [-0.3, -0.25) is 10.1 Å². The Bertz CT molecular complexity index is 745. The summed E-state index contributed by atoms with van der Waals surface area (Å²) in [5.41, 5.74) is 2.19. The van der Waals surface area contributed by atoms with Gasteiger partial charge in [0.1, 0.15) is 6.10 Å². The van der Waals surface area contributed by atoms with Crippen LogP contribution in [0.25, 0.3) is 0 Å². The van der Waals surface area contributed by atoms with Gasteiger partial charge in [-0.15, -0.1) is 0 Å². The van der Waals surface area contributed by atoms with Gasteiger partial charge in [0, 0.05) is 12.1 Å². The molecule has 0 radical (unpaired) electrons. The third-order valence-corrected chi connectivity index (χ3v) is 11.3. The Kier molecular flexibility index (Phi) is 6.49. The van der Waals surface area contributed by atoms with E-state index in [1.807, 2.05) is 0 Å². The van der Waals surface area contributed by atoms with Gasteiger partial charge in [-0.2, -0.15) is 0 Å². The molecule has 0 aliphatic rings. The fraction of sp³-hybridized carbons (Fsp3) is 0.500. The average Bonchev–Trinajstić information content (AvgIpc) is 3.06. The van der Waals surface area contributed by atoms with Crippen molar-refractivity contribution in [1.82, 2.24) is 0 Å². The van der Waals surface area contributed by atoms with Gasteiger partial charge in [0.2, 0.25) is 0 Å². The van der Waals surface area contributed by atoms with E-state index in [4.69, 9.17) is 8.84 Å². The molecule has 1 atom stereocenters. The Morgan fingerprint density at radius 3 is 1.96 bits per heavy atom. The summed E-state index contributed by atoms with van der Waals surface area (Å²) in [5.74, 6) is 0.351. The standard InChI is InChI=1S/C20H29NO5Si/c1-13(2)27(14(3)4,15(5)6)26-20-18(11-12-25-20)19(22)16-7-9-17(10-8-16)21(23)24/h7-15,19,22H,1-6H3. The first-order chi connectivity index (χ1) is 12.6. The zero-order valence-corrected chi connectivity index (χ0v) is 17.8. The number of nitrogens with zero attached hydrogens (tertiary/aromatic N) is 1. The summed E-state index contributed by atoms with van der Waals surface area (Å²) in [6, 6.07) is 7.57. The van der Waals surface area contributed by atoms with E-state index in [1.165, 1.54) is 18.4 Å². The minimum absolute atomic E-state index is 0.0135. The molecule has 7 heteroatoms. The smallest absolute Gasteiger partial charge is 0.276 e. The van der Waals surface area contributed by atoms with Crippen LogP contribution in [0, 0.1) is 10.1 Å². The molecule has 1 aromatic heterocycles. The summed E-state index contributed by atoms with van der Waals surface area (Å²) in [6.07, 6.45) is 0.539. The highest BCUT2D eigenvalue weighted by atomic mass is 28.4. The van der Waals surface area contributed by atoms with E-state index in [0.717, 1.165) is 0 Å². The maximum Gasteiger partial charge on any atom is 0.276 e. The van der Waals surface area contributed by atoms with Crippen molar-refractivity contribution in [1.29, 1.82) is 0 Å². The predicted molar refractivity (Wildman–Crippen MR) is 108 cm³/mol. The summed E-state index contributed by atoms with van der Waals surface area (Å²) in [5, 5.41) is 21.6. The molecule has 0 saturated carbocycles. The lowest BCUT2D eigenvalue weighted by Gasteiger charge is -2.41. The van der Waals surface area contributed by atoms with Gasteiger partial charge in [0.15, 0.2) is 0 Å². The Hall–Kier alpha value is -2.12. The van der Waals surface area contributed by atoms with Gasteiger partial charge in [0.25, 0.3) is 20.0 Å². The van der Waals surface area contributed by atoms with Crippen LogP contribution in [0.1, 0.15) is 58.8 Å². The van der Waals surface area contributed by atoms with E-state index in [1.54, 1.807) is 18.2 Å². The molecule has 2 aromatic rings. The van der Waals surface area contributed by atoms with Crippen LogP contribution in [0.2, 0.25) is 16.6 Å². The molecule has 0 fully saturated rings. The number of aliphatic hydroxyl groups excluding tert-OH is 1. The molecule has 0 aliphatic carbocycles. The molecular weight excluding hydrogens is 362 g/mol. The lowest BCUT2D eigenvalue weighted by atomic mass is 10.0. The average molecular weight is 392 g/mol. The number of furan rings is 1. The van der Waals surface area contributed by atoms with Gasteiger partial charge in [-0.1, -0.05) is 41.5 Å². The molecule has 0 saturated heterocycles. The fourth-order valence-electron chi connectivity index (χ4n) is 4.06. The number of rotatable bonds is 8. The van der Waals surface area contributed by atoms with Crippen LogP contribution in [-0.2, 0) is 0 Å². The Labute approximate surface area is 161 Å². The van der Waals surface area contributed by atoms with Crippen LogP contribution < -0.4 is 4.43 Å². The molecule has 1 heterocycles. The van der Waals surface area contributed by atoms with E-state index < -0.39 is 19.3 Å². The van der Waals surface area contributed by atoms with Crippen LogP contribution in [-0.4, -0.2) is 18.3 Å². The number of non-ortho nitro benzene ring substituents is 1. The lowest BCUT2D eigenvalue weighted by Crippen LogP contribution is -2.50. The summed E-state index contributed by atoms with van der Waals surface area (Å²) >= 11 is 0. The highest BCUT2D eigenvalue weighted by Crippen LogP contribution is 2.44. The first kappa shape index (κ1) is 21.2. The Morgan fingerprint density at radius 1 is 1.00 bits per heavy atom. The molecule has 0 bridgehead atoms. The quantitative estimate of drug-likeness (QED) is 0.348. The molecule has 2 rings (SSSR count). The molecule has 27 heavy (non-hydrogen) atoms. The minimum Gasteiger partial charge on any atom is -0.518 e. The molecule has 6 nitrogen and oxygen atoms in total. The van der Waals surface area contributed by atoms with Crippen molar-refractivity contribution >= 4 is 14.0 Å². The van der Waals surface area contributed by atoms with Crippen molar-refractivity contribution in [3.05, 3.63) is 57.8 Å². The van der Waals surface area contributed by atoms with Gasteiger partial charge in [0.05, 0.1) is 16.7 Å². The van der Waals surface area contributed by atoms with Crippen molar-refractivity contribution in [2.24, 2.45) is 0 Å². The molecule has 148 valence electrons. The van der Waals surface area contributed by atoms with E-state index in [9.17, 15) is 15.2 Å². The minimum atomic E-state index is -2.23. The van der Waals surface area contributed by atoms with Crippen molar-refractivity contribution in [2.45, 2.75) is 64.3 Å². The normalized spacial score (nSPS) is 13.4. The Morgan fingerprint density at radius 2 is 1.52 bits per heavy atom. The van der Waals surface area contributed by atoms with Crippen molar-refractivity contribution < 1.29 is 18.9 Å². The molecule has 1 aromatic carbocycles. The fourth-order valence-corrected chi connectivity index (χ4v) is 9.26. The lowest BCUT2D eigenvalue weighted by molar-refractivity contribution is -0.384. The van der Waals surface area contributed by atoms with Crippen molar-refractivity contribution in [3.63, 3.8) is 0 Å². The maximum atomic E-state index is 10.8. The number of aliphatic hydroxyl groups is 1. The van der Waals surface area contributed by atoms with Gasteiger partial charge in [-0.05, 0) is 40.4 Å². The third kappa shape index (κ3) is 4.09. The topological polar surface area (TPSA) is 85.7 Å². The van der Waals surface area contributed by atoms with Crippen LogP contribution in [0.5, 0.6) is 5.95 Å². The summed E-state index contributed by atoms with van der Waals surface area (Å²) < 4.78 is 12.2. The second-order valence-corrected chi connectivity index (χ2v) is 13.2.